The van der Waals surface area contributed by atoms with Crippen molar-refractivity contribution in [3.05, 3.63) is 65.2 Å². The van der Waals surface area contributed by atoms with Gasteiger partial charge in [-0.2, -0.15) is 0 Å². The van der Waals surface area contributed by atoms with E-state index in [9.17, 15) is 9.59 Å². The SMILES string of the molecule is Cc1ccc(OCC(=O)N(CCc2ccccc2)[C@@H](C)C(=O)NC(C)C)cc1C. The number of amides is 2. The topological polar surface area (TPSA) is 58.6 Å². The van der Waals surface area contributed by atoms with Gasteiger partial charge in [-0.05, 0) is 69.9 Å². The minimum Gasteiger partial charge on any atom is -0.484 e. The highest BCUT2D eigenvalue weighted by Gasteiger charge is 2.26. The third-order valence-electron chi connectivity index (χ3n) is 4.92. The Morgan fingerprint density at radius 1 is 1.00 bits per heavy atom. The fourth-order valence-electron chi connectivity index (χ4n) is 3.01. The number of carbonyl (C=O) groups excluding carboxylic acids is 2. The first-order valence-corrected chi connectivity index (χ1v) is 10.1. The van der Waals surface area contributed by atoms with Crippen molar-refractivity contribution in [1.82, 2.24) is 10.2 Å². The smallest absolute Gasteiger partial charge is 0.261 e. The molecule has 2 rings (SSSR count). The van der Waals surface area contributed by atoms with Crippen LogP contribution in [0.5, 0.6) is 5.75 Å². The number of rotatable bonds is 9. The average molecular weight is 397 g/mol. The molecule has 29 heavy (non-hydrogen) atoms. The van der Waals surface area contributed by atoms with Gasteiger partial charge in [-0.15, -0.1) is 0 Å². The zero-order chi connectivity index (χ0) is 21.4. The van der Waals surface area contributed by atoms with Gasteiger partial charge in [0.15, 0.2) is 6.61 Å². The molecule has 0 fully saturated rings. The lowest BCUT2D eigenvalue weighted by atomic mass is 10.1. The molecule has 2 aromatic carbocycles. The van der Waals surface area contributed by atoms with Gasteiger partial charge in [0.25, 0.3) is 5.91 Å². The number of aryl methyl sites for hydroxylation is 2. The Balaban J connectivity index is 2.07. The second-order valence-corrected chi connectivity index (χ2v) is 7.70. The second kappa shape index (κ2) is 10.6. The van der Waals surface area contributed by atoms with Crippen LogP contribution in [0.25, 0.3) is 0 Å². The van der Waals surface area contributed by atoms with Gasteiger partial charge in [-0.3, -0.25) is 9.59 Å². The van der Waals surface area contributed by atoms with Crippen LogP contribution in [-0.4, -0.2) is 41.9 Å². The van der Waals surface area contributed by atoms with Gasteiger partial charge in [-0.25, -0.2) is 0 Å². The molecule has 156 valence electrons. The molecule has 0 spiro atoms. The highest BCUT2D eigenvalue weighted by molar-refractivity contribution is 5.88. The Morgan fingerprint density at radius 2 is 1.69 bits per heavy atom. The van der Waals surface area contributed by atoms with Crippen LogP contribution >= 0.6 is 0 Å². The first-order valence-electron chi connectivity index (χ1n) is 10.1. The molecule has 1 atom stereocenters. The third kappa shape index (κ3) is 6.93. The molecule has 0 radical (unpaired) electrons. The van der Waals surface area contributed by atoms with Gasteiger partial charge in [0, 0.05) is 12.6 Å². The zero-order valence-electron chi connectivity index (χ0n) is 18.1. The van der Waals surface area contributed by atoms with Gasteiger partial charge in [0.1, 0.15) is 11.8 Å². The van der Waals surface area contributed by atoms with Crippen LogP contribution in [0.2, 0.25) is 0 Å². The molecule has 1 N–H and O–H groups in total. The Morgan fingerprint density at radius 3 is 2.31 bits per heavy atom. The number of carbonyl (C=O) groups is 2. The molecule has 0 unspecified atom stereocenters. The molecular weight excluding hydrogens is 364 g/mol. The number of nitrogens with zero attached hydrogens (tertiary/aromatic N) is 1. The fraction of sp³-hybridized carbons (Fsp3) is 0.417. The molecule has 5 nitrogen and oxygen atoms in total. The van der Waals surface area contributed by atoms with Gasteiger partial charge >= 0.3 is 0 Å². The van der Waals surface area contributed by atoms with Crippen molar-refractivity contribution in [1.29, 1.82) is 0 Å². The number of ether oxygens (including phenoxy) is 1. The molecule has 0 aromatic heterocycles. The summed E-state index contributed by atoms with van der Waals surface area (Å²) >= 11 is 0. The monoisotopic (exact) mass is 396 g/mol. The summed E-state index contributed by atoms with van der Waals surface area (Å²) in [6.07, 6.45) is 0.676. The molecule has 0 bridgehead atoms. The summed E-state index contributed by atoms with van der Waals surface area (Å²) < 4.78 is 5.72. The van der Waals surface area contributed by atoms with E-state index in [0.717, 1.165) is 11.1 Å². The quantitative estimate of drug-likeness (QED) is 0.704. The zero-order valence-corrected chi connectivity index (χ0v) is 18.1. The highest BCUT2D eigenvalue weighted by atomic mass is 16.5. The van der Waals surface area contributed by atoms with Crippen molar-refractivity contribution in [3.63, 3.8) is 0 Å². The molecule has 0 aliphatic heterocycles. The van der Waals surface area contributed by atoms with Crippen LogP contribution in [0.1, 0.15) is 37.5 Å². The molecule has 0 saturated carbocycles. The maximum absolute atomic E-state index is 12.9. The van der Waals surface area contributed by atoms with E-state index in [-0.39, 0.29) is 24.5 Å². The second-order valence-electron chi connectivity index (χ2n) is 7.70. The van der Waals surface area contributed by atoms with E-state index in [1.165, 1.54) is 5.56 Å². The van der Waals surface area contributed by atoms with Crippen LogP contribution in [0, 0.1) is 13.8 Å². The molecule has 0 saturated heterocycles. The van der Waals surface area contributed by atoms with E-state index in [1.54, 1.807) is 11.8 Å². The van der Waals surface area contributed by atoms with Crippen molar-refractivity contribution in [2.24, 2.45) is 0 Å². The summed E-state index contributed by atoms with van der Waals surface area (Å²) in [6, 6.07) is 15.1. The predicted molar refractivity (Wildman–Crippen MR) is 116 cm³/mol. The van der Waals surface area contributed by atoms with E-state index in [0.29, 0.717) is 18.7 Å². The van der Waals surface area contributed by atoms with Gasteiger partial charge < -0.3 is 15.0 Å². The standard InChI is InChI=1S/C24H32N2O3/c1-17(2)25-24(28)20(5)26(14-13-21-9-7-6-8-10-21)23(27)16-29-22-12-11-18(3)19(4)15-22/h6-12,15,17,20H,13-14,16H2,1-5H3,(H,25,28)/t20-/m0/s1. The molecule has 0 aliphatic rings. The molecule has 0 heterocycles. The Labute approximate surface area is 174 Å². The number of benzene rings is 2. The number of hydrogen-bond acceptors (Lipinski definition) is 3. The van der Waals surface area contributed by atoms with Crippen LogP contribution < -0.4 is 10.1 Å². The van der Waals surface area contributed by atoms with E-state index in [1.807, 2.05) is 76.2 Å². The maximum atomic E-state index is 12.9. The van der Waals surface area contributed by atoms with E-state index in [4.69, 9.17) is 4.74 Å². The van der Waals surface area contributed by atoms with Crippen LogP contribution in [0.3, 0.4) is 0 Å². The lowest BCUT2D eigenvalue weighted by Gasteiger charge is -2.29. The molecule has 2 aromatic rings. The number of hydrogen-bond donors (Lipinski definition) is 1. The third-order valence-corrected chi connectivity index (χ3v) is 4.92. The molecule has 5 heteroatoms. The van der Waals surface area contributed by atoms with E-state index in [2.05, 4.69) is 5.32 Å². The number of nitrogens with one attached hydrogen (secondary N) is 1. The van der Waals surface area contributed by atoms with E-state index >= 15 is 0 Å². The summed E-state index contributed by atoms with van der Waals surface area (Å²) in [4.78, 5) is 27.1. The first kappa shape index (κ1) is 22.5. The maximum Gasteiger partial charge on any atom is 0.261 e. The van der Waals surface area contributed by atoms with Crippen molar-refractivity contribution in [2.75, 3.05) is 13.2 Å². The molecule has 2 amide bonds. The van der Waals surface area contributed by atoms with Crippen LogP contribution in [-0.2, 0) is 16.0 Å². The van der Waals surface area contributed by atoms with Crippen LogP contribution in [0.4, 0.5) is 0 Å². The largest absolute Gasteiger partial charge is 0.484 e. The normalized spacial score (nSPS) is 11.8. The summed E-state index contributed by atoms with van der Waals surface area (Å²) in [5.41, 5.74) is 3.41. The Bertz CT molecular complexity index is 818. The summed E-state index contributed by atoms with van der Waals surface area (Å²) in [6.45, 7) is 9.96. The van der Waals surface area contributed by atoms with Gasteiger partial charge in [0.05, 0.1) is 0 Å². The molecule has 0 aliphatic carbocycles. The summed E-state index contributed by atoms with van der Waals surface area (Å²) in [5, 5.41) is 2.89. The predicted octanol–water partition coefficient (Wildman–Crippen LogP) is 3.67. The van der Waals surface area contributed by atoms with Crippen molar-refractivity contribution < 1.29 is 14.3 Å². The van der Waals surface area contributed by atoms with Crippen LogP contribution in [0.15, 0.2) is 48.5 Å². The summed E-state index contributed by atoms with van der Waals surface area (Å²) in [7, 11) is 0. The Hall–Kier alpha value is -2.82. The summed E-state index contributed by atoms with van der Waals surface area (Å²) in [5.74, 6) is 0.293. The minimum atomic E-state index is -0.572. The van der Waals surface area contributed by atoms with Crippen molar-refractivity contribution >= 4 is 11.8 Å². The fourth-order valence-corrected chi connectivity index (χ4v) is 3.01. The lowest BCUT2D eigenvalue weighted by Crippen LogP contribution is -2.51. The van der Waals surface area contributed by atoms with Gasteiger partial charge in [0.2, 0.25) is 5.91 Å². The molecular formula is C24H32N2O3. The van der Waals surface area contributed by atoms with Gasteiger partial charge in [-0.1, -0.05) is 36.4 Å². The minimum absolute atomic E-state index is 0.0165. The highest BCUT2D eigenvalue weighted by Crippen LogP contribution is 2.17. The van der Waals surface area contributed by atoms with Crippen molar-refractivity contribution in [2.45, 2.75) is 53.1 Å². The Kier molecular flexibility index (Phi) is 8.25. The lowest BCUT2D eigenvalue weighted by molar-refractivity contribution is -0.141. The first-order chi connectivity index (χ1) is 13.8. The van der Waals surface area contributed by atoms with Crippen molar-refractivity contribution in [3.8, 4) is 5.75 Å². The van der Waals surface area contributed by atoms with E-state index < -0.39 is 6.04 Å². The average Bonchev–Trinajstić information content (AvgIpc) is 2.69.